The van der Waals surface area contributed by atoms with E-state index in [2.05, 4.69) is 0 Å². The number of aryl methyl sites for hydroxylation is 1. The van der Waals surface area contributed by atoms with Crippen LogP contribution in [0.4, 0.5) is 0 Å². The van der Waals surface area contributed by atoms with Gasteiger partial charge in [-0.1, -0.05) is 78.9 Å². The van der Waals surface area contributed by atoms with Gasteiger partial charge in [-0.05, 0) is 24.1 Å². The lowest BCUT2D eigenvalue weighted by atomic mass is 10.0. The summed E-state index contributed by atoms with van der Waals surface area (Å²) in [7, 11) is -4.11. The number of Topliss-reactive ketones (excluding diaryl/α,β-unsaturated/α-hetero) is 1. The fraction of sp³-hybridized carbons (Fsp3) is 0.0952. The van der Waals surface area contributed by atoms with E-state index in [9.17, 15) is 13.2 Å². The Morgan fingerprint density at radius 2 is 1.35 bits per heavy atom. The van der Waals surface area contributed by atoms with E-state index in [4.69, 9.17) is 4.18 Å². The van der Waals surface area contributed by atoms with Crippen LogP contribution in [0.2, 0.25) is 0 Å². The minimum Gasteiger partial charge on any atom is -0.291 e. The van der Waals surface area contributed by atoms with Crippen molar-refractivity contribution in [2.75, 3.05) is 0 Å². The van der Waals surface area contributed by atoms with Gasteiger partial charge in [0, 0.05) is 5.56 Å². The summed E-state index contributed by atoms with van der Waals surface area (Å²) in [6.07, 6.45) is -1.25. The van der Waals surface area contributed by atoms with Gasteiger partial charge in [-0.25, -0.2) is 4.18 Å². The molecule has 0 spiro atoms. The molecular weight excluding hydrogens is 348 g/mol. The van der Waals surface area contributed by atoms with Crippen molar-refractivity contribution in [1.82, 2.24) is 0 Å². The molecule has 0 saturated carbocycles. The molecule has 5 heteroatoms. The normalized spacial score (nSPS) is 12.5. The number of rotatable bonds is 6. The average molecular weight is 366 g/mol. The van der Waals surface area contributed by atoms with E-state index < -0.39 is 22.0 Å². The van der Waals surface area contributed by atoms with Gasteiger partial charge >= 0.3 is 0 Å². The Kier molecular flexibility index (Phi) is 5.30. The Morgan fingerprint density at radius 3 is 1.96 bits per heavy atom. The van der Waals surface area contributed by atoms with Crippen LogP contribution in [-0.4, -0.2) is 14.2 Å². The molecule has 0 aromatic heterocycles. The summed E-state index contributed by atoms with van der Waals surface area (Å²) >= 11 is 0. The van der Waals surface area contributed by atoms with E-state index in [1.165, 1.54) is 6.07 Å². The second-order valence-corrected chi connectivity index (χ2v) is 7.38. The Hall–Kier alpha value is -2.76. The molecule has 3 aromatic carbocycles. The zero-order chi connectivity index (χ0) is 18.6. The summed E-state index contributed by atoms with van der Waals surface area (Å²) in [5.74, 6) is -0.408. The molecule has 0 aliphatic heterocycles. The summed E-state index contributed by atoms with van der Waals surface area (Å²) in [5.41, 5.74) is 1.44. The van der Waals surface area contributed by atoms with Gasteiger partial charge in [0.15, 0.2) is 11.9 Å². The molecule has 0 fully saturated rings. The predicted octanol–water partition coefficient (Wildman–Crippen LogP) is 4.32. The smallest absolute Gasteiger partial charge is 0.291 e. The topological polar surface area (TPSA) is 60.4 Å². The van der Waals surface area contributed by atoms with E-state index >= 15 is 0 Å². The van der Waals surface area contributed by atoms with Gasteiger partial charge in [-0.3, -0.25) is 4.79 Å². The van der Waals surface area contributed by atoms with Crippen LogP contribution in [0.15, 0.2) is 89.8 Å². The van der Waals surface area contributed by atoms with Crippen molar-refractivity contribution in [2.24, 2.45) is 0 Å². The lowest BCUT2D eigenvalue weighted by Crippen LogP contribution is -2.21. The van der Waals surface area contributed by atoms with Crippen molar-refractivity contribution in [2.45, 2.75) is 17.9 Å². The van der Waals surface area contributed by atoms with Crippen LogP contribution < -0.4 is 0 Å². The number of hydrogen-bond donors (Lipinski definition) is 0. The van der Waals surface area contributed by atoms with E-state index in [0.29, 0.717) is 16.7 Å². The van der Waals surface area contributed by atoms with Crippen LogP contribution in [-0.2, 0) is 14.3 Å². The Morgan fingerprint density at radius 1 is 0.808 bits per heavy atom. The third kappa shape index (κ3) is 3.90. The molecule has 0 aliphatic carbocycles. The first kappa shape index (κ1) is 18.0. The lowest BCUT2D eigenvalue weighted by Gasteiger charge is -2.18. The van der Waals surface area contributed by atoms with E-state index in [1.807, 2.05) is 0 Å². The van der Waals surface area contributed by atoms with Crippen LogP contribution in [0.1, 0.15) is 27.6 Å². The van der Waals surface area contributed by atoms with Gasteiger partial charge in [0.25, 0.3) is 10.1 Å². The van der Waals surface area contributed by atoms with Crippen molar-refractivity contribution >= 4 is 15.9 Å². The maximum Gasteiger partial charge on any atom is 0.298 e. The summed E-state index contributed by atoms with van der Waals surface area (Å²) in [6, 6.07) is 23.7. The molecule has 0 N–H and O–H groups in total. The number of ketones is 1. The van der Waals surface area contributed by atoms with Gasteiger partial charge in [-0.2, -0.15) is 8.42 Å². The molecule has 0 radical (unpaired) electrons. The number of carbonyl (C=O) groups excluding carboxylic acids is 1. The SMILES string of the molecule is Cc1ccccc1S(=O)(=O)OC(C(=O)c1ccccc1)c1ccccc1. The van der Waals surface area contributed by atoms with Crippen LogP contribution in [0.3, 0.4) is 0 Å². The molecule has 1 unspecified atom stereocenters. The second-order valence-electron chi connectivity index (χ2n) is 5.84. The molecule has 0 bridgehead atoms. The molecular formula is C21H18O4S. The van der Waals surface area contributed by atoms with Crippen molar-refractivity contribution in [3.63, 3.8) is 0 Å². The average Bonchev–Trinajstić information content (AvgIpc) is 2.67. The molecule has 132 valence electrons. The zero-order valence-electron chi connectivity index (χ0n) is 14.2. The first-order valence-corrected chi connectivity index (χ1v) is 9.53. The highest BCUT2D eigenvalue weighted by Crippen LogP contribution is 2.28. The Labute approximate surface area is 153 Å². The summed E-state index contributed by atoms with van der Waals surface area (Å²) in [6.45, 7) is 1.69. The van der Waals surface area contributed by atoms with Gasteiger partial charge in [0.1, 0.15) is 0 Å². The first-order chi connectivity index (χ1) is 12.5. The van der Waals surface area contributed by atoms with E-state index in [-0.39, 0.29) is 4.90 Å². The van der Waals surface area contributed by atoms with Gasteiger partial charge < -0.3 is 0 Å². The summed E-state index contributed by atoms with van der Waals surface area (Å²) in [4.78, 5) is 13.0. The monoisotopic (exact) mass is 366 g/mol. The predicted molar refractivity (Wildman–Crippen MR) is 99.4 cm³/mol. The minimum atomic E-state index is -4.11. The Bertz CT molecular complexity index is 996. The molecule has 26 heavy (non-hydrogen) atoms. The standard InChI is InChI=1S/C21H18O4S/c1-16-10-8-9-15-19(16)26(23,24)25-21(18-13-6-3-7-14-18)20(22)17-11-4-2-5-12-17/h2-15,21H,1H3. The van der Waals surface area contributed by atoms with E-state index in [1.54, 1.807) is 85.8 Å². The van der Waals surface area contributed by atoms with Crippen LogP contribution in [0.25, 0.3) is 0 Å². The zero-order valence-corrected chi connectivity index (χ0v) is 15.0. The second kappa shape index (κ2) is 7.64. The maximum absolute atomic E-state index is 12.9. The molecule has 4 nitrogen and oxygen atoms in total. The van der Waals surface area contributed by atoms with Crippen LogP contribution in [0, 0.1) is 6.92 Å². The van der Waals surface area contributed by atoms with Crippen LogP contribution >= 0.6 is 0 Å². The molecule has 3 aromatic rings. The fourth-order valence-electron chi connectivity index (χ4n) is 2.65. The van der Waals surface area contributed by atoms with Crippen molar-refractivity contribution in [3.05, 3.63) is 102 Å². The van der Waals surface area contributed by atoms with Crippen molar-refractivity contribution < 1.29 is 17.4 Å². The third-order valence-electron chi connectivity index (χ3n) is 3.98. The molecule has 3 rings (SSSR count). The molecule has 0 saturated heterocycles. The van der Waals surface area contributed by atoms with E-state index in [0.717, 1.165) is 0 Å². The molecule has 0 heterocycles. The quantitative estimate of drug-likeness (QED) is 0.481. The highest BCUT2D eigenvalue weighted by Gasteiger charge is 2.30. The highest BCUT2D eigenvalue weighted by atomic mass is 32.2. The summed E-state index contributed by atoms with van der Waals surface area (Å²) < 4.78 is 31.0. The van der Waals surface area contributed by atoms with Crippen molar-refractivity contribution in [3.8, 4) is 0 Å². The lowest BCUT2D eigenvalue weighted by molar-refractivity contribution is 0.0801. The molecule has 0 aliphatic rings. The first-order valence-electron chi connectivity index (χ1n) is 8.12. The van der Waals surface area contributed by atoms with Gasteiger partial charge in [0.05, 0.1) is 4.90 Å². The minimum absolute atomic E-state index is 0.0572. The number of hydrogen-bond acceptors (Lipinski definition) is 4. The highest BCUT2D eigenvalue weighted by molar-refractivity contribution is 7.86. The third-order valence-corrected chi connectivity index (χ3v) is 5.43. The van der Waals surface area contributed by atoms with Gasteiger partial charge in [0.2, 0.25) is 0 Å². The number of carbonyl (C=O) groups is 1. The van der Waals surface area contributed by atoms with Crippen molar-refractivity contribution in [1.29, 1.82) is 0 Å². The molecule has 1 atom stereocenters. The Balaban J connectivity index is 2.02. The largest absolute Gasteiger partial charge is 0.298 e. The van der Waals surface area contributed by atoms with Gasteiger partial charge in [-0.15, -0.1) is 0 Å². The van der Waals surface area contributed by atoms with Crippen LogP contribution in [0.5, 0.6) is 0 Å². The molecule has 0 amide bonds. The number of benzene rings is 3. The maximum atomic E-state index is 12.9. The summed E-state index contributed by atoms with van der Waals surface area (Å²) in [5, 5.41) is 0. The fourth-order valence-corrected chi connectivity index (χ4v) is 3.91.